The van der Waals surface area contributed by atoms with Crippen LogP contribution in [0.2, 0.25) is 0 Å². The summed E-state index contributed by atoms with van der Waals surface area (Å²) < 4.78 is 5.38. The van der Waals surface area contributed by atoms with E-state index in [1.165, 1.54) is 0 Å². The number of aromatic nitrogens is 2. The second-order valence-corrected chi connectivity index (χ2v) is 6.44. The highest BCUT2D eigenvalue weighted by molar-refractivity contribution is 5.76. The highest BCUT2D eigenvalue weighted by atomic mass is 16.5. The van der Waals surface area contributed by atoms with Gasteiger partial charge in [0.25, 0.3) is 0 Å². The van der Waals surface area contributed by atoms with E-state index >= 15 is 0 Å². The summed E-state index contributed by atoms with van der Waals surface area (Å²) in [6.07, 6.45) is 5.24. The topological polar surface area (TPSA) is 78.8 Å². The molecule has 2 fully saturated rings. The number of hydrogen-bond acceptors (Lipinski definition) is 6. The molecule has 0 unspecified atom stereocenters. The normalized spacial score (nSPS) is 24.7. The van der Waals surface area contributed by atoms with Gasteiger partial charge in [-0.05, 0) is 19.3 Å². The van der Waals surface area contributed by atoms with Gasteiger partial charge in [0.2, 0.25) is 0 Å². The molecule has 2 saturated heterocycles. The number of rotatable bonds is 5. The SMILES string of the molecule is C=CC[C@]1(C(=O)O)CCCN(c2cc(N3CCOCC3)ncn2)C1. The number of anilines is 2. The maximum atomic E-state index is 11.8. The molecule has 1 atom stereocenters. The molecule has 0 aliphatic carbocycles. The largest absolute Gasteiger partial charge is 0.481 e. The Morgan fingerprint density at radius 1 is 1.29 bits per heavy atom. The average molecular weight is 332 g/mol. The lowest BCUT2D eigenvalue weighted by molar-refractivity contribution is -0.149. The Kier molecular flexibility index (Phi) is 4.99. The maximum Gasteiger partial charge on any atom is 0.311 e. The molecule has 0 radical (unpaired) electrons. The summed E-state index contributed by atoms with van der Waals surface area (Å²) in [7, 11) is 0. The lowest BCUT2D eigenvalue weighted by Gasteiger charge is -2.40. The monoisotopic (exact) mass is 332 g/mol. The van der Waals surface area contributed by atoms with E-state index < -0.39 is 11.4 Å². The molecule has 2 aliphatic rings. The van der Waals surface area contributed by atoms with Gasteiger partial charge in [-0.1, -0.05) is 6.08 Å². The second kappa shape index (κ2) is 7.17. The van der Waals surface area contributed by atoms with E-state index in [-0.39, 0.29) is 0 Å². The van der Waals surface area contributed by atoms with Crippen molar-refractivity contribution < 1.29 is 14.6 Å². The van der Waals surface area contributed by atoms with Gasteiger partial charge in [0.15, 0.2) is 0 Å². The van der Waals surface area contributed by atoms with Crippen LogP contribution in [-0.4, -0.2) is 60.4 Å². The fourth-order valence-corrected chi connectivity index (χ4v) is 3.51. The van der Waals surface area contributed by atoms with Crippen LogP contribution in [0.1, 0.15) is 19.3 Å². The van der Waals surface area contributed by atoms with Crippen molar-refractivity contribution in [3.63, 3.8) is 0 Å². The molecule has 0 aromatic carbocycles. The molecule has 0 saturated carbocycles. The van der Waals surface area contributed by atoms with E-state index in [1.807, 2.05) is 6.07 Å². The lowest BCUT2D eigenvalue weighted by Crippen LogP contribution is -2.48. The fraction of sp³-hybridized carbons (Fsp3) is 0.588. The maximum absolute atomic E-state index is 11.8. The molecule has 0 bridgehead atoms. The Morgan fingerprint density at radius 3 is 2.67 bits per heavy atom. The van der Waals surface area contributed by atoms with Crippen molar-refractivity contribution >= 4 is 17.6 Å². The number of carboxylic acids is 1. The number of aliphatic carboxylic acids is 1. The molecule has 7 nitrogen and oxygen atoms in total. The summed E-state index contributed by atoms with van der Waals surface area (Å²) in [5.74, 6) is 0.911. The van der Waals surface area contributed by atoms with Gasteiger partial charge in [0.05, 0.1) is 18.6 Å². The summed E-state index contributed by atoms with van der Waals surface area (Å²) in [5, 5.41) is 9.71. The number of morpholine rings is 1. The molecule has 0 spiro atoms. The Morgan fingerprint density at radius 2 is 2.00 bits per heavy atom. The van der Waals surface area contributed by atoms with Crippen LogP contribution in [0.15, 0.2) is 25.0 Å². The smallest absolute Gasteiger partial charge is 0.311 e. The minimum absolute atomic E-state index is 0.452. The average Bonchev–Trinajstić information content (AvgIpc) is 2.63. The third kappa shape index (κ3) is 3.36. The number of allylic oxidation sites excluding steroid dienone is 1. The Hall–Kier alpha value is -2.15. The van der Waals surface area contributed by atoms with E-state index in [0.29, 0.717) is 32.6 Å². The Bertz CT molecular complexity index is 603. The Balaban J connectivity index is 1.80. The predicted octanol–water partition coefficient (Wildman–Crippen LogP) is 1.56. The van der Waals surface area contributed by atoms with Gasteiger partial charge in [-0.25, -0.2) is 9.97 Å². The number of piperidine rings is 1. The number of carboxylic acid groups (broad SMARTS) is 1. The van der Waals surface area contributed by atoms with Gasteiger partial charge in [-0.3, -0.25) is 4.79 Å². The molecule has 2 aliphatic heterocycles. The number of ether oxygens (including phenoxy) is 1. The summed E-state index contributed by atoms with van der Waals surface area (Å²) in [5.41, 5.74) is -0.774. The van der Waals surface area contributed by atoms with E-state index in [9.17, 15) is 9.90 Å². The van der Waals surface area contributed by atoms with Crippen LogP contribution >= 0.6 is 0 Å². The van der Waals surface area contributed by atoms with Crippen LogP contribution in [0, 0.1) is 5.41 Å². The number of hydrogen-bond donors (Lipinski definition) is 1. The summed E-state index contributed by atoms with van der Waals surface area (Å²) >= 11 is 0. The second-order valence-electron chi connectivity index (χ2n) is 6.44. The molecule has 3 heterocycles. The summed E-state index contributed by atoms with van der Waals surface area (Å²) in [6, 6.07) is 1.96. The molecule has 1 aromatic heterocycles. The zero-order valence-corrected chi connectivity index (χ0v) is 13.9. The van der Waals surface area contributed by atoms with Gasteiger partial charge in [0, 0.05) is 32.2 Å². The van der Waals surface area contributed by atoms with E-state index in [0.717, 1.165) is 37.7 Å². The molecular weight excluding hydrogens is 308 g/mol. The van der Waals surface area contributed by atoms with Crippen molar-refractivity contribution in [2.24, 2.45) is 5.41 Å². The number of carbonyl (C=O) groups is 1. The van der Waals surface area contributed by atoms with Crippen molar-refractivity contribution in [2.75, 3.05) is 49.2 Å². The van der Waals surface area contributed by atoms with Crippen molar-refractivity contribution in [1.82, 2.24) is 9.97 Å². The molecule has 3 rings (SSSR count). The first kappa shape index (κ1) is 16.7. The summed E-state index contributed by atoms with van der Waals surface area (Å²) in [6.45, 7) is 8.01. The third-order valence-electron chi connectivity index (χ3n) is 4.86. The predicted molar refractivity (Wildman–Crippen MR) is 91.4 cm³/mol. The first-order valence-electron chi connectivity index (χ1n) is 8.39. The molecular formula is C17H24N4O3. The molecule has 130 valence electrons. The standard InChI is InChI=1S/C17H24N4O3/c1-2-4-17(16(22)23)5-3-6-21(12-17)15-11-14(18-13-19-15)20-7-9-24-10-8-20/h2,11,13H,1,3-10,12H2,(H,22,23)/t17-/m0/s1. The minimum Gasteiger partial charge on any atom is -0.481 e. The minimum atomic E-state index is -0.774. The van der Waals surface area contributed by atoms with Crippen LogP contribution in [0.4, 0.5) is 11.6 Å². The van der Waals surface area contributed by atoms with Gasteiger partial charge in [-0.15, -0.1) is 6.58 Å². The summed E-state index contributed by atoms with van der Waals surface area (Å²) in [4.78, 5) is 24.8. The van der Waals surface area contributed by atoms with Crippen LogP contribution < -0.4 is 9.80 Å². The van der Waals surface area contributed by atoms with Crippen molar-refractivity contribution in [3.8, 4) is 0 Å². The molecule has 1 aromatic rings. The van der Waals surface area contributed by atoms with Crippen molar-refractivity contribution in [3.05, 3.63) is 25.0 Å². The fourth-order valence-electron chi connectivity index (χ4n) is 3.51. The quantitative estimate of drug-likeness (QED) is 0.820. The molecule has 24 heavy (non-hydrogen) atoms. The van der Waals surface area contributed by atoms with Crippen molar-refractivity contribution in [2.45, 2.75) is 19.3 Å². The lowest BCUT2D eigenvalue weighted by atomic mass is 9.77. The molecule has 1 N–H and O–H groups in total. The molecule has 0 amide bonds. The van der Waals surface area contributed by atoms with Gasteiger partial charge >= 0.3 is 5.97 Å². The van der Waals surface area contributed by atoms with E-state index in [2.05, 4.69) is 26.3 Å². The van der Waals surface area contributed by atoms with Gasteiger partial charge < -0.3 is 19.6 Å². The van der Waals surface area contributed by atoms with E-state index in [1.54, 1.807) is 12.4 Å². The highest BCUT2D eigenvalue weighted by Crippen LogP contribution is 2.36. The van der Waals surface area contributed by atoms with Crippen LogP contribution in [0.5, 0.6) is 0 Å². The number of nitrogens with zero attached hydrogens (tertiary/aromatic N) is 4. The van der Waals surface area contributed by atoms with Gasteiger partial charge in [0.1, 0.15) is 18.0 Å². The third-order valence-corrected chi connectivity index (χ3v) is 4.86. The van der Waals surface area contributed by atoms with Crippen LogP contribution in [-0.2, 0) is 9.53 Å². The zero-order chi connectivity index (χ0) is 17.0. The first-order chi connectivity index (χ1) is 11.6. The van der Waals surface area contributed by atoms with Gasteiger partial charge in [-0.2, -0.15) is 0 Å². The van der Waals surface area contributed by atoms with Crippen LogP contribution in [0.25, 0.3) is 0 Å². The zero-order valence-electron chi connectivity index (χ0n) is 13.9. The first-order valence-corrected chi connectivity index (χ1v) is 8.39. The molecule has 7 heteroatoms. The van der Waals surface area contributed by atoms with E-state index in [4.69, 9.17) is 4.74 Å². The Labute approximate surface area is 142 Å². The highest BCUT2D eigenvalue weighted by Gasteiger charge is 2.41. The van der Waals surface area contributed by atoms with Crippen molar-refractivity contribution in [1.29, 1.82) is 0 Å². The van der Waals surface area contributed by atoms with Crippen LogP contribution in [0.3, 0.4) is 0 Å².